The van der Waals surface area contributed by atoms with E-state index in [1.165, 1.54) is 7.11 Å². The fourth-order valence-corrected chi connectivity index (χ4v) is 0.919. The second-order valence-corrected chi connectivity index (χ2v) is 2.70. The summed E-state index contributed by atoms with van der Waals surface area (Å²) in [5.74, 6) is -1.99. The third-order valence-electron chi connectivity index (χ3n) is 1.62. The number of methoxy groups -OCH3 is 1. The van der Waals surface area contributed by atoms with E-state index < -0.39 is 11.9 Å². The lowest BCUT2D eigenvalue weighted by molar-refractivity contribution is 0.00846. The quantitative estimate of drug-likeness (QED) is 0.444. The van der Waals surface area contributed by atoms with Crippen LogP contribution in [0.4, 0.5) is 0 Å². The van der Waals surface area contributed by atoms with Gasteiger partial charge in [-0.1, -0.05) is 0 Å². The Morgan fingerprint density at radius 1 is 1.56 bits per heavy atom. The first-order valence-electron chi connectivity index (χ1n) is 4.34. The average Bonchev–Trinajstić information content (AvgIpc) is 2.73. The molecule has 0 unspecified atom stereocenters. The third kappa shape index (κ3) is 3.04. The summed E-state index contributed by atoms with van der Waals surface area (Å²) in [6.45, 7) is 0.474. The number of amides is 1. The molecule has 1 amide bonds. The van der Waals surface area contributed by atoms with Gasteiger partial charge in [0.05, 0.1) is 19.5 Å². The fraction of sp³-hybridized carbons (Fsp3) is 0.375. The number of ether oxygens (including phenoxy) is 1. The molecule has 0 aromatic carbocycles. The minimum atomic E-state index is -1.26. The number of rotatable bonds is 6. The first-order valence-corrected chi connectivity index (χ1v) is 4.34. The largest absolute Gasteiger partial charge is 0.477 e. The fourth-order valence-electron chi connectivity index (χ4n) is 0.919. The second kappa shape index (κ2) is 5.83. The lowest BCUT2D eigenvalue weighted by atomic mass is 10.3. The van der Waals surface area contributed by atoms with Gasteiger partial charge in [-0.15, -0.1) is 0 Å². The summed E-state index contributed by atoms with van der Waals surface area (Å²) >= 11 is 0. The molecule has 0 aliphatic carbocycles. The van der Waals surface area contributed by atoms with E-state index in [1.807, 2.05) is 0 Å². The highest BCUT2D eigenvalue weighted by atomic mass is 16.7. The number of nitrogens with one attached hydrogen (secondary N) is 2. The molecule has 0 atom stereocenters. The number of aromatic carboxylic acids is 1. The molecule has 3 N–H and O–H groups in total. The van der Waals surface area contributed by atoms with Gasteiger partial charge in [0.2, 0.25) is 0 Å². The van der Waals surface area contributed by atoms with Gasteiger partial charge in [-0.3, -0.25) is 9.63 Å². The summed E-state index contributed by atoms with van der Waals surface area (Å²) in [7, 11) is 1.49. The normalized spacial score (nSPS) is 10.1. The Labute approximate surface area is 90.5 Å². The summed E-state index contributed by atoms with van der Waals surface area (Å²) in [5.41, 5.74) is 1.53. The number of carbonyl (C=O) groups is 2. The van der Waals surface area contributed by atoms with E-state index in [4.69, 9.17) is 9.94 Å². The standard InChI is InChI=1S/C8H11N3O5/c1-15-2-3-16-11-7(12)5-6(8(13)14)10-4-9-5/h4H,2-3H2,1H3,(H,9,10)(H,11,12)(H,13,14). The molecule has 0 aliphatic rings. The van der Waals surface area contributed by atoms with E-state index in [0.29, 0.717) is 6.61 Å². The summed E-state index contributed by atoms with van der Waals surface area (Å²) < 4.78 is 4.68. The molecule has 1 aromatic rings. The lowest BCUT2D eigenvalue weighted by Crippen LogP contribution is -2.27. The van der Waals surface area contributed by atoms with E-state index in [9.17, 15) is 9.59 Å². The number of imidazole rings is 1. The number of hydroxylamine groups is 1. The molecule has 8 heteroatoms. The van der Waals surface area contributed by atoms with Gasteiger partial charge in [-0.05, 0) is 0 Å². The van der Waals surface area contributed by atoms with E-state index in [0.717, 1.165) is 6.33 Å². The highest BCUT2D eigenvalue weighted by Crippen LogP contribution is 2.02. The van der Waals surface area contributed by atoms with Crippen molar-refractivity contribution in [3.05, 3.63) is 17.7 Å². The number of carboxylic acids is 1. The van der Waals surface area contributed by atoms with Crippen molar-refractivity contribution in [2.75, 3.05) is 20.3 Å². The molecule has 88 valence electrons. The number of aromatic nitrogens is 2. The number of carboxylic acid groups (broad SMARTS) is 1. The summed E-state index contributed by atoms with van der Waals surface area (Å²) in [6, 6.07) is 0. The Morgan fingerprint density at radius 3 is 2.94 bits per heavy atom. The number of carbonyl (C=O) groups excluding carboxylic acids is 1. The van der Waals surface area contributed by atoms with Gasteiger partial charge in [0.25, 0.3) is 5.91 Å². The van der Waals surface area contributed by atoms with Crippen LogP contribution < -0.4 is 5.48 Å². The summed E-state index contributed by atoms with van der Waals surface area (Å²) in [4.78, 5) is 32.7. The highest BCUT2D eigenvalue weighted by Gasteiger charge is 2.19. The molecule has 1 rings (SSSR count). The Hall–Kier alpha value is -1.93. The average molecular weight is 229 g/mol. The van der Waals surface area contributed by atoms with Crippen molar-refractivity contribution < 1.29 is 24.3 Å². The maximum absolute atomic E-state index is 11.4. The maximum atomic E-state index is 11.4. The van der Waals surface area contributed by atoms with Crippen molar-refractivity contribution in [2.45, 2.75) is 0 Å². The minimum Gasteiger partial charge on any atom is -0.477 e. The van der Waals surface area contributed by atoms with Gasteiger partial charge >= 0.3 is 5.97 Å². The third-order valence-corrected chi connectivity index (χ3v) is 1.62. The van der Waals surface area contributed by atoms with Crippen LogP contribution in [0.3, 0.4) is 0 Å². The molecule has 0 saturated heterocycles. The number of aromatic amines is 1. The molecule has 0 bridgehead atoms. The smallest absolute Gasteiger partial charge is 0.354 e. The van der Waals surface area contributed by atoms with Crippen LogP contribution in [0.5, 0.6) is 0 Å². The number of hydrogen-bond acceptors (Lipinski definition) is 5. The molecule has 8 nitrogen and oxygen atoms in total. The van der Waals surface area contributed by atoms with E-state index in [-0.39, 0.29) is 18.0 Å². The Kier molecular flexibility index (Phi) is 4.42. The highest BCUT2D eigenvalue weighted by molar-refractivity contribution is 6.01. The van der Waals surface area contributed by atoms with Crippen LogP contribution >= 0.6 is 0 Å². The van der Waals surface area contributed by atoms with Crippen molar-refractivity contribution >= 4 is 11.9 Å². The van der Waals surface area contributed by atoms with Gasteiger partial charge in [0, 0.05) is 7.11 Å². The zero-order chi connectivity index (χ0) is 12.0. The number of H-pyrrole nitrogens is 1. The van der Waals surface area contributed by atoms with Crippen molar-refractivity contribution in [3.8, 4) is 0 Å². The van der Waals surface area contributed by atoms with Crippen LogP contribution in [-0.4, -0.2) is 47.3 Å². The second-order valence-electron chi connectivity index (χ2n) is 2.70. The first-order chi connectivity index (χ1) is 7.66. The van der Waals surface area contributed by atoms with Crippen LogP contribution in [-0.2, 0) is 9.57 Å². The van der Waals surface area contributed by atoms with Gasteiger partial charge in [-0.25, -0.2) is 15.3 Å². The zero-order valence-electron chi connectivity index (χ0n) is 8.52. The molecule has 0 aliphatic heterocycles. The monoisotopic (exact) mass is 229 g/mol. The molecular weight excluding hydrogens is 218 g/mol. The zero-order valence-corrected chi connectivity index (χ0v) is 8.52. The van der Waals surface area contributed by atoms with Crippen molar-refractivity contribution in [1.29, 1.82) is 0 Å². The SMILES string of the molecule is COCCONC(=O)c1nc[nH]c1C(=O)O. The van der Waals surface area contributed by atoms with Gasteiger partial charge in [-0.2, -0.15) is 0 Å². The Morgan fingerprint density at radius 2 is 2.31 bits per heavy atom. The van der Waals surface area contributed by atoms with Crippen molar-refractivity contribution in [3.63, 3.8) is 0 Å². The summed E-state index contributed by atoms with van der Waals surface area (Å²) in [6.07, 6.45) is 1.12. The minimum absolute atomic E-state index is 0.162. The van der Waals surface area contributed by atoms with E-state index in [2.05, 4.69) is 20.2 Å². The van der Waals surface area contributed by atoms with Crippen molar-refractivity contribution in [1.82, 2.24) is 15.4 Å². The Balaban J connectivity index is 2.53. The predicted molar refractivity (Wildman–Crippen MR) is 50.8 cm³/mol. The van der Waals surface area contributed by atoms with Crippen LogP contribution in [0.1, 0.15) is 21.0 Å². The maximum Gasteiger partial charge on any atom is 0.354 e. The van der Waals surface area contributed by atoms with Crippen LogP contribution in [0.2, 0.25) is 0 Å². The Bertz CT molecular complexity index is 376. The van der Waals surface area contributed by atoms with Crippen LogP contribution in [0, 0.1) is 0 Å². The predicted octanol–water partition coefficient (Wildman–Crippen LogP) is -0.584. The topological polar surface area (TPSA) is 114 Å². The van der Waals surface area contributed by atoms with E-state index in [1.54, 1.807) is 0 Å². The molecule has 1 aromatic heterocycles. The van der Waals surface area contributed by atoms with Crippen molar-refractivity contribution in [2.24, 2.45) is 0 Å². The van der Waals surface area contributed by atoms with Gasteiger partial charge < -0.3 is 14.8 Å². The summed E-state index contributed by atoms with van der Waals surface area (Å²) in [5, 5.41) is 8.70. The van der Waals surface area contributed by atoms with E-state index >= 15 is 0 Å². The molecule has 0 saturated carbocycles. The van der Waals surface area contributed by atoms with Gasteiger partial charge in [0.15, 0.2) is 11.4 Å². The number of nitrogens with zero attached hydrogens (tertiary/aromatic N) is 1. The molecule has 1 heterocycles. The molecule has 0 radical (unpaired) electrons. The number of hydrogen-bond donors (Lipinski definition) is 3. The molecular formula is C8H11N3O5. The van der Waals surface area contributed by atoms with Crippen LogP contribution in [0.25, 0.3) is 0 Å². The molecule has 0 spiro atoms. The molecule has 0 fully saturated rings. The molecule has 16 heavy (non-hydrogen) atoms. The van der Waals surface area contributed by atoms with Gasteiger partial charge in [0.1, 0.15) is 0 Å². The first kappa shape index (κ1) is 12.1. The lowest BCUT2D eigenvalue weighted by Gasteiger charge is -2.03. The van der Waals surface area contributed by atoms with Crippen LogP contribution in [0.15, 0.2) is 6.33 Å².